The Kier molecular flexibility index (Phi) is 4.20. The quantitative estimate of drug-likeness (QED) is 0.739. The van der Waals surface area contributed by atoms with Gasteiger partial charge in [0.2, 0.25) is 0 Å². The Labute approximate surface area is 120 Å². The molecule has 0 aliphatic carbocycles. The number of benzene rings is 2. The summed E-state index contributed by atoms with van der Waals surface area (Å²) in [5.74, 6) is 0.0325. The molecule has 2 aromatic carbocycles. The van der Waals surface area contributed by atoms with Gasteiger partial charge in [-0.2, -0.15) is 0 Å². The Hall–Kier alpha value is -1.12. The number of hydrogen-bond donors (Lipinski definition) is 0. The van der Waals surface area contributed by atoms with Gasteiger partial charge < -0.3 is 0 Å². The van der Waals surface area contributed by atoms with Crippen LogP contribution in [0.3, 0.4) is 0 Å². The second-order valence-corrected chi connectivity index (χ2v) is 5.42. The van der Waals surface area contributed by atoms with Gasteiger partial charge in [-0.3, -0.25) is 4.79 Å². The number of carbonyl (C=O) groups is 1. The fraction of sp³-hybridized carbons (Fsp3) is 0.133. The summed E-state index contributed by atoms with van der Waals surface area (Å²) in [6, 6.07) is 13.3. The van der Waals surface area contributed by atoms with Crippen molar-refractivity contribution in [2.45, 2.75) is 13.3 Å². The van der Waals surface area contributed by atoms with Crippen LogP contribution >= 0.6 is 27.5 Å². The van der Waals surface area contributed by atoms with E-state index < -0.39 is 0 Å². The van der Waals surface area contributed by atoms with Crippen molar-refractivity contribution in [1.82, 2.24) is 0 Å². The highest BCUT2D eigenvalue weighted by Gasteiger charge is 2.12. The van der Waals surface area contributed by atoms with Crippen molar-refractivity contribution in [2.75, 3.05) is 0 Å². The maximum Gasteiger partial charge on any atom is 0.168 e. The zero-order valence-corrected chi connectivity index (χ0v) is 12.3. The lowest BCUT2D eigenvalue weighted by molar-refractivity contribution is 0.0993. The van der Waals surface area contributed by atoms with Crippen LogP contribution in [-0.4, -0.2) is 5.78 Å². The second kappa shape index (κ2) is 5.68. The lowest BCUT2D eigenvalue weighted by Crippen LogP contribution is -2.04. The van der Waals surface area contributed by atoms with E-state index in [2.05, 4.69) is 15.9 Å². The summed E-state index contributed by atoms with van der Waals surface area (Å²) >= 11 is 9.44. The van der Waals surface area contributed by atoms with Crippen LogP contribution < -0.4 is 0 Å². The van der Waals surface area contributed by atoms with E-state index in [0.29, 0.717) is 17.0 Å². The van der Waals surface area contributed by atoms with Crippen molar-refractivity contribution in [3.8, 4) is 0 Å². The SMILES string of the molecule is Cc1ccc(CC(=O)c2cccc(Br)c2Cl)cc1. The van der Waals surface area contributed by atoms with E-state index in [1.54, 1.807) is 6.07 Å². The van der Waals surface area contributed by atoms with E-state index in [0.717, 1.165) is 10.0 Å². The van der Waals surface area contributed by atoms with Gasteiger partial charge in [0.25, 0.3) is 0 Å². The summed E-state index contributed by atoms with van der Waals surface area (Å²) in [6.45, 7) is 2.02. The minimum Gasteiger partial charge on any atom is -0.294 e. The molecule has 0 atom stereocenters. The molecule has 3 heteroatoms. The van der Waals surface area contributed by atoms with Gasteiger partial charge in [0, 0.05) is 16.5 Å². The van der Waals surface area contributed by atoms with Crippen LogP contribution in [-0.2, 0) is 6.42 Å². The summed E-state index contributed by atoms with van der Waals surface area (Å²) < 4.78 is 0.749. The maximum absolute atomic E-state index is 12.2. The van der Waals surface area contributed by atoms with Gasteiger partial charge in [-0.1, -0.05) is 47.5 Å². The van der Waals surface area contributed by atoms with Crippen molar-refractivity contribution in [3.05, 3.63) is 68.7 Å². The molecule has 0 bridgehead atoms. The maximum atomic E-state index is 12.2. The summed E-state index contributed by atoms with van der Waals surface area (Å²) in [6.07, 6.45) is 0.371. The minimum atomic E-state index is 0.0325. The Morgan fingerprint density at radius 2 is 1.83 bits per heavy atom. The molecule has 0 aliphatic heterocycles. The Morgan fingerprint density at radius 1 is 1.17 bits per heavy atom. The molecule has 0 aliphatic rings. The summed E-state index contributed by atoms with van der Waals surface area (Å²) in [4.78, 5) is 12.2. The fourth-order valence-corrected chi connectivity index (χ4v) is 2.30. The smallest absolute Gasteiger partial charge is 0.168 e. The molecule has 0 fully saturated rings. The van der Waals surface area contributed by atoms with Crippen LogP contribution in [0.5, 0.6) is 0 Å². The van der Waals surface area contributed by atoms with Gasteiger partial charge >= 0.3 is 0 Å². The molecule has 2 rings (SSSR count). The van der Waals surface area contributed by atoms with E-state index in [1.165, 1.54) is 5.56 Å². The van der Waals surface area contributed by atoms with Gasteiger partial charge in [0.15, 0.2) is 5.78 Å². The van der Waals surface area contributed by atoms with Crippen LogP contribution in [0.4, 0.5) is 0 Å². The summed E-state index contributed by atoms with van der Waals surface area (Å²) in [7, 11) is 0. The average molecular weight is 324 g/mol. The van der Waals surface area contributed by atoms with Crippen LogP contribution in [0.2, 0.25) is 5.02 Å². The molecule has 0 saturated carbocycles. The second-order valence-electron chi connectivity index (χ2n) is 4.19. The molecule has 0 saturated heterocycles. The highest BCUT2D eigenvalue weighted by atomic mass is 79.9. The molecular formula is C15H12BrClO. The third kappa shape index (κ3) is 3.01. The average Bonchev–Trinajstić information content (AvgIpc) is 2.35. The fourth-order valence-electron chi connectivity index (χ4n) is 1.71. The number of carbonyl (C=O) groups excluding carboxylic acids is 1. The predicted molar refractivity (Wildman–Crippen MR) is 78.4 cm³/mol. The first-order valence-electron chi connectivity index (χ1n) is 5.60. The van der Waals surface area contributed by atoms with Gasteiger partial charge in [-0.25, -0.2) is 0 Å². The monoisotopic (exact) mass is 322 g/mol. The standard InChI is InChI=1S/C15H12BrClO/c1-10-5-7-11(8-6-10)9-14(18)12-3-2-4-13(16)15(12)17/h2-8H,9H2,1H3. The number of aryl methyl sites for hydroxylation is 1. The highest BCUT2D eigenvalue weighted by molar-refractivity contribution is 9.10. The zero-order chi connectivity index (χ0) is 13.1. The molecule has 0 radical (unpaired) electrons. The van der Waals surface area contributed by atoms with Crippen LogP contribution in [0.15, 0.2) is 46.9 Å². The number of rotatable bonds is 3. The number of halogens is 2. The zero-order valence-electron chi connectivity index (χ0n) is 9.91. The molecule has 0 amide bonds. The lowest BCUT2D eigenvalue weighted by atomic mass is 10.0. The molecule has 0 N–H and O–H groups in total. The molecule has 0 unspecified atom stereocenters. The van der Waals surface area contributed by atoms with E-state index in [1.807, 2.05) is 43.3 Å². The summed E-state index contributed by atoms with van der Waals surface area (Å²) in [5.41, 5.74) is 2.75. The molecule has 18 heavy (non-hydrogen) atoms. The topological polar surface area (TPSA) is 17.1 Å². The van der Waals surface area contributed by atoms with Gasteiger partial charge in [-0.05, 0) is 40.5 Å². The van der Waals surface area contributed by atoms with E-state index in [-0.39, 0.29) is 5.78 Å². The molecule has 2 aromatic rings. The number of Topliss-reactive ketones (excluding diaryl/α,β-unsaturated/α-hetero) is 1. The summed E-state index contributed by atoms with van der Waals surface area (Å²) in [5, 5.41) is 0.481. The Morgan fingerprint density at radius 3 is 2.50 bits per heavy atom. The van der Waals surface area contributed by atoms with Gasteiger partial charge in [-0.15, -0.1) is 0 Å². The van der Waals surface area contributed by atoms with Crippen LogP contribution in [0.1, 0.15) is 21.5 Å². The third-order valence-electron chi connectivity index (χ3n) is 2.74. The van der Waals surface area contributed by atoms with Crippen molar-refractivity contribution >= 4 is 33.3 Å². The highest BCUT2D eigenvalue weighted by Crippen LogP contribution is 2.27. The Bertz CT molecular complexity index is 576. The normalized spacial score (nSPS) is 10.4. The van der Waals surface area contributed by atoms with Gasteiger partial charge in [0.05, 0.1) is 5.02 Å². The molecule has 0 heterocycles. The van der Waals surface area contributed by atoms with Crippen molar-refractivity contribution in [3.63, 3.8) is 0 Å². The lowest BCUT2D eigenvalue weighted by Gasteiger charge is -2.05. The predicted octanol–water partition coefficient (Wildman–Crippen LogP) is 4.84. The van der Waals surface area contributed by atoms with Crippen LogP contribution in [0.25, 0.3) is 0 Å². The minimum absolute atomic E-state index is 0.0325. The van der Waals surface area contributed by atoms with E-state index in [4.69, 9.17) is 11.6 Å². The molecule has 92 valence electrons. The van der Waals surface area contributed by atoms with Crippen molar-refractivity contribution in [1.29, 1.82) is 0 Å². The van der Waals surface area contributed by atoms with Crippen molar-refractivity contribution < 1.29 is 4.79 Å². The molecule has 1 nitrogen and oxygen atoms in total. The van der Waals surface area contributed by atoms with E-state index >= 15 is 0 Å². The van der Waals surface area contributed by atoms with E-state index in [9.17, 15) is 4.79 Å². The molecule has 0 aromatic heterocycles. The first-order chi connectivity index (χ1) is 8.58. The van der Waals surface area contributed by atoms with Crippen LogP contribution in [0, 0.1) is 6.92 Å². The number of hydrogen-bond acceptors (Lipinski definition) is 1. The third-order valence-corrected chi connectivity index (χ3v) is 4.03. The molecule has 0 spiro atoms. The van der Waals surface area contributed by atoms with Crippen molar-refractivity contribution in [2.24, 2.45) is 0 Å². The van der Waals surface area contributed by atoms with Gasteiger partial charge in [0.1, 0.15) is 0 Å². The molecular weight excluding hydrogens is 312 g/mol. The Balaban J connectivity index is 2.22. The number of ketones is 1. The largest absolute Gasteiger partial charge is 0.294 e. The first kappa shape index (κ1) is 13.3. The first-order valence-corrected chi connectivity index (χ1v) is 6.78.